The van der Waals surface area contributed by atoms with Crippen LogP contribution < -0.4 is 0 Å². The average molecular weight is 350 g/mol. The third kappa shape index (κ3) is 2.79. The lowest BCUT2D eigenvalue weighted by molar-refractivity contribution is 1.43. The average Bonchev–Trinajstić information content (AvgIpc) is 2.31. The summed E-state index contributed by atoms with van der Waals surface area (Å²) in [5, 5.41) is 2.70. The molecule has 0 aromatic heterocycles. The number of hydrogen-bond acceptors (Lipinski definition) is 0. The first kappa shape index (κ1) is 13.2. The molecule has 0 aliphatic carbocycles. The van der Waals surface area contributed by atoms with Gasteiger partial charge in [0, 0.05) is 26.0 Å². The van der Waals surface area contributed by atoms with Crippen LogP contribution >= 0.6 is 50.7 Å². The van der Waals surface area contributed by atoms with Crippen molar-refractivity contribution in [1.29, 1.82) is 0 Å². The predicted molar refractivity (Wildman–Crippen MR) is 79.5 cm³/mol. The molecule has 0 aliphatic rings. The highest BCUT2D eigenvalue weighted by Gasteiger charge is 2.09. The summed E-state index contributed by atoms with van der Waals surface area (Å²) in [6.07, 6.45) is 0. The number of halogens is 4. The van der Waals surface area contributed by atoms with E-state index in [1.54, 1.807) is 0 Å². The number of alkyl halides is 1. The fraction of sp³-hybridized carbons (Fsp3) is 0.0769. The Balaban J connectivity index is 2.61. The van der Waals surface area contributed by atoms with Crippen LogP contribution in [-0.2, 0) is 5.33 Å². The lowest BCUT2D eigenvalue weighted by atomic mass is 10.0. The number of rotatable bonds is 2. The Bertz CT molecular complexity index is 532. The van der Waals surface area contributed by atoms with Crippen molar-refractivity contribution in [3.63, 3.8) is 0 Å². The first-order chi connectivity index (χ1) is 8.13. The second-order valence-electron chi connectivity index (χ2n) is 3.54. The SMILES string of the molecule is Clc1ccc(-c2c(Cl)cccc2Cl)cc1CBr. The van der Waals surface area contributed by atoms with E-state index in [9.17, 15) is 0 Å². The highest BCUT2D eigenvalue weighted by molar-refractivity contribution is 9.08. The van der Waals surface area contributed by atoms with E-state index in [1.807, 2.05) is 36.4 Å². The highest BCUT2D eigenvalue weighted by atomic mass is 79.9. The van der Waals surface area contributed by atoms with Crippen molar-refractivity contribution in [3.8, 4) is 11.1 Å². The molecule has 0 saturated heterocycles. The number of benzene rings is 2. The molecular formula is C13H8BrCl3. The van der Waals surface area contributed by atoms with Gasteiger partial charge in [0.15, 0.2) is 0 Å². The Kier molecular flexibility index (Phi) is 4.37. The van der Waals surface area contributed by atoms with Gasteiger partial charge < -0.3 is 0 Å². The van der Waals surface area contributed by atoms with Gasteiger partial charge in [-0.2, -0.15) is 0 Å². The summed E-state index contributed by atoms with van der Waals surface area (Å²) in [6, 6.07) is 11.2. The lowest BCUT2D eigenvalue weighted by Gasteiger charge is -2.09. The van der Waals surface area contributed by atoms with Crippen LogP contribution in [0.25, 0.3) is 11.1 Å². The topological polar surface area (TPSA) is 0 Å². The van der Waals surface area contributed by atoms with Gasteiger partial charge in [-0.15, -0.1) is 0 Å². The van der Waals surface area contributed by atoms with Crippen molar-refractivity contribution in [3.05, 3.63) is 57.0 Å². The van der Waals surface area contributed by atoms with E-state index < -0.39 is 0 Å². The molecule has 17 heavy (non-hydrogen) atoms. The van der Waals surface area contributed by atoms with Crippen molar-refractivity contribution in [2.24, 2.45) is 0 Å². The van der Waals surface area contributed by atoms with E-state index in [-0.39, 0.29) is 0 Å². The molecule has 0 bridgehead atoms. The summed E-state index contributed by atoms with van der Waals surface area (Å²) in [4.78, 5) is 0. The van der Waals surface area contributed by atoms with E-state index in [1.165, 1.54) is 0 Å². The van der Waals surface area contributed by atoms with Crippen molar-refractivity contribution < 1.29 is 0 Å². The summed E-state index contributed by atoms with van der Waals surface area (Å²) >= 11 is 21.8. The molecule has 4 heteroatoms. The van der Waals surface area contributed by atoms with Crippen molar-refractivity contribution >= 4 is 50.7 Å². The van der Waals surface area contributed by atoms with Gasteiger partial charge in [0.2, 0.25) is 0 Å². The van der Waals surface area contributed by atoms with Gasteiger partial charge in [-0.1, -0.05) is 62.9 Å². The molecule has 2 aromatic rings. The summed E-state index contributed by atoms with van der Waals surface area (Å²) in [6.45, 7) is 0. The fourth-order valence-corrected chi connectivity index (χ4v) is 3.03. The second kappa shape index (κ2) is 5.62. The summed E-state index contributed by atoms with van der Waals surface area (Å²) in [7, 11) is 0. The molecule has 0 fully saturated rings. The molecule has 0 unspecified atom stereocenters. The largest absolute Gasteiger partial charge is 0.0876 e. The summed E-state index contributed by atoms with van der Waals surface area (Å²) < 4.78 is 0. The van der Waals surface area contributed by atoms with Crippen LogP contribution in [0.5, 0.6) is 0 Å². The monoisotopic (exact) mass is 348 g/mol. The first-order valence-corrected chi connectivity index (χ1v) is 7.18. The zero-order chi connectivity index (χ0) is 12.4. The van der Waals surface area contributed by atoms with E-state index in [2.05, 4.69) is 15.9 Å². The minimum Gasteiger partial charge on any atom is -0.0876 e. The highest BCUT2D eigenvalue weighted by Crippen LogP contribution is 2.36. The maximum atomic E-state index is 6.17. The minimum atomic E-state index is 0.639. The standard InChI is InChI=1S/C13H8BrCl3/c14-7-9-6-8(4-5-10(9)15)13-11(16)2-1-3-12(13)17/h1-6H,7H2. The normalized spacial score (nSPS) is 10.6. The zero-order valence-electron chi connectivity index (χ0n) is 8.68. The molecule has 0 N–H and O–H groups in total. The summed E-state index contributed by atoms with van der Waals surface area (Å²) in [5.74, 6) is 0. The van der Waals surface area contributed by atoms with Gasteiger partial charge in [0.25, 0.3) is 0 Å². The molecule has 0 atom stereocenters. The molecule has 0 aliphatic heterocycles. The van der Waals surface area contributed by atoms with Crippen LogP contribution in [-0.4, -0.2) is 0 Å². The smallest absolute Gasteiger partial charge is 0.0499 e. The van der Waals surface area contributed by atoms with Gasteiger partial charge in [-0.25, -0.2) is 0 Å². The molecule has 88 valence electrons. The zero-order valence-corrected chi connectivity index (χ0v) is 12.5. The molecule has 0 heterocycles. The fourth-order valence-electron chi connectivity index (χ4n) is 1.61. The Morgan fingerprint density at radius 2 is 1.53 bits per heavy atom. The van der Waals surface area contributed by atoms with Crippen LogP contribution in [0.3, 0.4) is 0 Å². The van der Waals surface area contributed by atoms with Crippen LogP contribution in [0.2, 0.25) is 15.1 Å². The van der Waals surface area contributed by atoms with Crippen LogP contribution in [0.4, 0.5) is 0 Å². The van der Waals surface area contributed by atoms with Crippen LogP contribution in [0.15, 0.2) is 36.4 Å². The van der Waals surface area contributed by atoms with Crippen LogP contribution in [0.1, 0.15) is 5.56 Å². The Morgan fingerprint density at radius 3 is 2.12 bits per heavy atom. The second-order valence-corrected chi connectivity index (χ2v) is 5.32. The third-order valence-corrected chi connectivity index (χ3v) is 4.04. The van der Waals surface area contributed by atoms with E-state index in [4.69, 9.17) is 34.8 Å². The molecule has 0 saturated carbocycles. The minimum absolute atomic E-state index is 0.639. The molecule has 0 nitrogen and oxygen atoms in total. The van der Waals surface area contributed by atoms with Gasteiger partial charge in [0.05, 0.1) is 0 Å². The maximum Gasteiger partial charge on any atom is 0.0499 e. The lowest BCUT2D eigenvalue weighted by Crippen LogP contribution is -1.85. The van der Waals surface area contributed by atoms with Gasteiger partial charge in [0.1, 0.15) is 0 Å². The van der Waals surface area contributed by atoms with Gasteiger partial charge >= 0.3 is 0 Å². The van der Waals surface area contributed by atoms with Gasteiger partial charge in [-0.3, -0.25) is 0 Å². The molecule has 0 radical (unpaired) electrons. The molecular weight excluding hydrogens is 342 g/mol. The number of hydrogen-bond donors (Lipinski definition) is 0. The van der Waals surface area contributed by atoms with Crippen LogP contribution in [0, 0.1) is 0 Å². The predicted octanol–water partition coefficient (Wildman–Crippen LogP) is 6.21. The van der Waals surface area contributed by atoms with Gasteiger partial charge in [-0.05, 0) is 35.4 Å². The van der Waals surface area contributed by atoms with E-state index >= 15 is 0 Å². The molecule has 2 aromatic carbocycles. The molecule has 0 amide bonds. The van der Waals surface area contributed by atoms with E-state index in [0.29, 0.717) is 15.4 Å². The molecule has 0 spiro atoms. The van der Waals surface area contributed by atoms with Crippen molar-refractivity contribution in [2.75, 3.05) is 0 Å². The van der Waals surface area contributed by atoms with E-state index in [0.717, 1.165) is 21.7 Å². The van der Waals surface area contributed by atoms with Crippen molar-refractivity contribution in [1.82, 2.24) is 0 Å². The third-order valence-electron chi connectivity index (χ3n) is 2.44. The molecule has 2 rings (SSSR count). The first-order valence-electron chi connectivity index (χ1n) is 4.92. The van der Waals surface area contributed by atoms with Crippen molar-refractivity contribution in [2.45, 2.75) is 5.33 Å². The maximum absolute atomic E-state index is 6.17. The quantitative estimate of drug-likeness (QED) is 0.565. The Labute approximate surface area is 124 Å². The summed E-state index contributed by atoms with van der Waals surface area (Å²) in [5.41, 5.74) is 2.83. The Morgan fingerprint density at radius 1 is 0.882 bits per heavy atom. The Hall–Kier alpha value is -0.210.